The molecule has 0 unspecified atom stereocenters. The summed E-state index contributed by atoms with van der Waals surface area (Å²) in [6.07, 6.45) is 1.89. The highest BCUT2D eigenvalue weighted by molar-refractivity contribution is 5.68. The van der Waals surface area contributed by atoms with E-state index in [1.165, 1.54) is 0 Å². The Morgan fingerprint density at radius 1 is 1.32 bits per heavy atom. The van der Waals surface area contributed by atoms with Gasteiger partial charge in [-0.3, -0.25) is 0 Å². The van der Waals surface area contributed by atoms with Crippen molar-refractivity contribution in [3.05, 3.63) is 0 Å². The summed E-state index contributed by atoms with van der Waals surface area (Å²) in [6.45, 7) is 9.80. The van der Waals surface area contributed by atoms with E-state index in [9.17, 15) is 4.79 Å². The number of hydrogen-bond acceptors (Lipinski definition) is 4. The molecule has 19 heavy (non-hydrogen) atoms. The van der Waals surface area contributed by atoms with Crippen LogP contribution in [-0.4, -0.2) is 55.5 Å². The van der Waals surface area contributed by atoms with Gasteiger partial charge in [0, 0.05) is 32.8 Å². The lowest BCUT2D eigenvalue weighted by Crippen LogP contribution is -2.58. The number of nitrogens with one attached hydrogen (secondary N) is 1. The van der Waals surface area contributed by atoms with Gasteiger partial charge in [-0.25, -0.2) is 4.79 Å². The molecule has 2 rings (SSSR count). The molecule has 110 valence electrons. The van der Waals surface area contributed by atoms with Crippen molar-refractivity contribution in [1.82, 2.24) is 10.2 Å². The monoisotopic (exact) mass is 270 g/mol. The predicted molar refractivity (Wildman–Crippen MR) is 73.1 cm³/mol. The molecular formula is C14H26N2O3. The summed E-state index contributed by atoms with van der Waals surface area (Å²) in [5.74, 6) is 0.522. The van der Waals surface area contributed by atoms with Crippen LogP contribution in [-0.2, 0) is 9.47 Å². The van der Waals surface area contributed by atoms with Crippen molar-refractivity contribution in [2.45, 2.75) is 45.3 Å². The zero-order valence-electron chi connectivity index (χ0n) is 12.3. The highest BCUT2D eigenvalue weighted by Gasteiger charge is 2.35. The number of amides is 1. The second-order valence-corrected chi connectivity index (χ2v) is 6.40. The van der Waals surface area contributed by atoms with Crippen LogP contribution in [0, 0.1) is 5.92 Å². The molecule has 2 heterocycles. The van der Waals surface area contributed by atoms with Crippen LogP contribution < -0.4 is 5.32 Å². The molecule has 0 aromatic heterocycles. The average Bonchev–Trinajstić information content (AvgIpc) is 2.38. The van der Waals surface area contributed by atoms with E-state index in [4.69, 9.17) is 9.47 Å². The SMILES string of the molecule is CC(C)(C)OC(=O)N1CCNC[C@H]1C1CCOCC1. The summed E-state index contributed by atoms with van der Waals surface area (Å²) in [5.41, 5.74) is -0.428. The molecule has 2 aliphatic rings. The summed E-state index contributed by atoms with van der Waals surface area (Å²) in [5, 5.41) is 3.39. The van der Waals surface area contributed by atoms with E-state index in [-0.39, 0.29) is 12.1 Å². The summed E-state index contributed by atoms with van der Waals surface area (Å²) < 4.78 is 10.9. The zero-order valence-corrected chi connectivity index (χ0v) is 12.3. The highest BCUT2D eigenvalue weighted by atomic mass is 16.6. The molecule has 2 aliphatic heterocycles. The first-order valence-corrected chi connectivity index (χ1v) is 7.25. The van der Waals surface area contributed by atoms with Crippen molar-refractivity contribution < 1.29 is 14.3 Å². The summed E-state index contributed by atoms with van der Waals surface area (Å²) >= 11 is 0. The van der Waals surface area contributed by atoms with E-state index in [0.29, 0.717) is 5.92 Å². The predicted octanol–water partition coefficient (Wildman–Crippen LogP) is 1.62. The topological polar surface area (TPSA) is 50.8 Å². The molecule has 1 atom stereocenters. The van der Waals surface area contributed by atoms with Crippen LogP contribution in [0.5, 0.6) is 0 Å². The minimum absolute atomic E-state index is 0.175. The molecular weight excluding hydrogens is 244 g/mol. The van der Waals surface area contributed by atoms with E-state index in [1.807, 2.05) is 25.7 Å². The number of carbonyl (C=O) groups excluding carboxylic acids is 1. The minimum atomic E-state index is -0.428. The summed E-state index contributed by atoms with van der Waals surface area (Å²) in [6, 6.07) is 0.243. The normalized spacial score (nSPS) is 26.3. The van der Waals surface area contributed by atoms with Gasteiger partial charge < -0.3 is 19.7 Å². The van der Waals surface area contributed by atoms with Gasteiger partial charge in [-0.15, -0.1) is 0 Å². The van der Waals surface area contributed by atoms with Crippen molar-refractivity contribution in [2.24, 2.45) is 5.92 Å². The molecule has 1 N–H and O–H groups in total. The lowest BCUT2D eigenvalue weighted by molar-refractivity contribution is -0.0128. The van der Waals surface area contributed by atoms with E-state index >= 15 is 0 Å². The molecule has 0 aliphatic carbocycles. The number of ether oxygens (including phenoxy) is 2. The number of hydrogen-bond donors (Lipinski definition) is 1. The van der Waals surface area contributed by atoms with Gasteiger partial charge in [0.25, 0.3) is 0 Å². The lowest BCUT2D eigenvalue weighted by Gasteiger charge is -2.42. The fourth-order valence-corrected chi connectivity index (χ4v) is 2.79. The molecule has 0 aromatic carbocycles. The number of nitrogens with zero attached hydrogens (tertiary/aromatic N) is 1. The fraction of sp³-hybridized carbons (Fsp3) is 0.929. The van der Waals surface area contributed by atoms with Crippen molar-refractivity contribution in [3.63, 3.8) is 0 Å². The quantitative estimate of drug-likeness (QED) is 0.786. The summed E-state index contributed by atoms with van der Waals surface area (Å²) in [4.78, 5) is 14.2. The third-order valence-electron chi connectivity index (χ3n) is 3.72. The second kappa shape index (κ2) is 6.09. The fourth-order valence-electron chi connectivity index (χ4n) is 2.79. The van der Waals surface area contributed by atoms with Crippen LogP contribution >= 0.6 is 0 Å². The average molecular weight is 270 g/mol. The van der Waals surface area contributed by atoms with Crippen molar-refractivity contribution in [3.8, 4) is 0 Å². The molecule has 0 bridgehead atoms. The Labute approximate surface area is 115 Å². The molecule has 2 fully saturated rings. The van der Waals surface area contributed by atoms with Gasteiger partial charge >= 0.3 is 6.09 Å². The number of carbonyl (C=O) groups is 1. The second-order valence-electron chi connectivity index (χ2n) is 6.40. The first-order valence-electron chi connectivity index (χ1n) is 7.25. The number of piperazine rings is 1. The van der Waals surface area contributed by atoms with Crippen LogP contribution in [0.1, 0.15) is 33.6 Å². The molecule has 0 aromatic rings. The maximum Gasteiger partial charge on any atom is 0.410 e. The van der Waals surface area contributed by atoms with Crippen LogP contribution in [0.25, 0.3) is 0 Å². The maximum atomic E-state index is 12.3. The molecule has 0 saturated carbocycles. The van der Waals surface area contributed by atoms with Gasteiger partial charge in [0.2, 0.25) is 0 Å². The molecule has 0 radical (unpaired) electrons. The lowest BCUT2D eigenvalue weighted by atomic mass is 9.89. The van der Waals surface area contributed by atoms with Crippen LogP contribution in [0.4, 0.5) is 4.79 Å². The smallest absolute Gasteiger partial charge is 0.410 e. The Morgan fingerprint density at radius 2 is 2.00 bits per heavy atom. The zero-order chi connectivity index (χ0) is 13.9. The Bertz CT molecular complexity index is 308. The van der Waals surface area contributed by atoms with Crippen LogP contribution in [0.2, 0.25) is 0 Å². The highest BCUT2D eigenvalue weighted by Crippen LogP contribution is 2.25. The molecule has 5 nitrogen and oxygen atoms in total. The van der Waals surface area contributed by atoms with E-state index in [1.54, 1.807) is 0 Å². The van der Waals surface area contributed by atoms with Crippen molar-refractivity contribution in [2.75, 3.05) is 32.8 Å². The first kappa shape index (κ1) is 14.6. The summed E-state index contributed by atoms with van der Waals surface area (Å²) in [7, 11) is 0. The van der Waals surface area contributed by atoms with Crippen LogP contribution in [0.3, 0.4) is 0 Å². The largest absolute Gasteiger partial charge is 0.444 e. The van der Waals surface area contributed by atoms with Gasteiger partial charge in [-0.1, -0.05) is 0 Å². The standard InChI is InChI=1S/C14H26N2O3/c1-14(2,3)19-13(17)16-7-6-15-10-12(16)11-4-8-18-9-5-11/h11-12,15H,4-10H2,1-3H3/t12-/m0/s1. The van der Waals surface area contributed by atoms with Gasteiger partial charge in [-0.05, 0) is 39.5 Å². The number of rotatable bonds is 1. The van der Waals surface area contributed by atoms with Crippen molar-refractivity contribution >= 4 is 6.09 Å². The van der Waals surface area contributed by atoms with Gasteiger partial charge in [-0.2, -0.15) is 0 Å². The molecule has 2 saturated heterocycles. The van der Waals surface area contributed by atoms with Gasteiger partial charge in [0.15, 0.2) is 0 Å². The van der Waals surface area contributed by atoms with Crippen LogP contribution in [0.15, 0.2) is 0 Å². The minimum Gasteiger partial charge on any atom is -0.444 e. The van der Waals surface area contributed by atoms with E-state index < -0.39 is 5.60 Å². The van der Waals surface area contributed by atoms with Crippen molar-refractivity contribution in [1.29, 1.82) is 0 Å². The third kappa shape index (κ3) is 4.08. The third-order valence-corrected chi connectivity index (χ3v) is 3.72. The Hall–Kier alpha value is -0.810. The van der Waals surface area contributed by atoms with E-state index in [0.717, 1.165) is 45.7 Å². The molecule has 0 spiro atoms. The Balaban J connectivity index is 2.00. The first-order chi connectivity index (χ1) is 8.97. The van der Waals surface area contributed by atoms with Gasteiger partial charge in [0.1, 0.15) is 5.60 Å². The maximum absolute atomic E-state index is 12.3. The van der Waals surface area contributed by atoms with E-state index in [2.05, 4.69) is 5.32 Å². The molecule has 5 heteroatoms. The molecule has 1 amide bonds. The Kier molecular flexibility index (Phi) is 4.68. The Morgan fingerprint density at radius 3 is 2.63 bits per heavy atom. The van der Waals surface area contributed by atoms with Gasteiger partial charge in [0.05, 0.1) is 6.04 Å².